The third-order valence-corrected chi connectivity index (χ3v) is 4.80. The summed E-state index contributed by atoms with van der Waals surface area (Å²) in [5.41, 5.74) is 2.32. The number of anilines is 1. The van der Waals surface area contributed by atoms with Crippen molar-refractivity contribution in [3.05, 3.63) is 24.4 Å². The fourth-order valence-electron chi connectivity index (χ4n) is 3.62. The molecule has 4 nitrogen and oxygen atoms in total. The number of benzene rings is 1. The summed E-state index contributed by atoms with van der Waals surface area (Å²) in [6, 6.07) is 6.42. The Morgan fingerprint density at radius 1 is 1.32 bits per heavy atom. The third kappa shape index (κ3) is 2.10. The molecule has 3 aliphatic rings. The largest absolute Gasteiger partial charge is 0.385 e. The van der Waals surface area contributed by atoms with Gasteiger partial charge < -0.3 is 10.2 Å². The highest BCUT2D eigenvalue weighted by atomic mass is 15.2. The SMILES string of the molecule is c1cc2[nH]ncc2cc1NCC1CN2CCC1CC2. The van der Waals surface area contributed by atoms with Crippen LogP contribution in [0.25, 0.3) is 10.9 Å². The lowest BCUT2D eigenvalue weighted by Crippen LogP contribution is -2.49. The molecule has 0 amide bonds. The predicted octanol–water partition coefficient (Wildman–Crippen LogP) is 2.32. The second-order valence-corrected chi connectivity index (χ2v) is 5.95. The zero-order chi connectivity index (χ0) is 12.7. The number of rotatable bonds is 3. The number of piperidine rings is 3. The third-order valence-electron chi connectivity index (χ3n) is 4.80. The number of fused-ring (bicyclic) bond motifs is 4. The van der Waals surface area contributed by atoms with Gasteiger partial charge >= 0.3 is 0 Å². The van der Waals surface area contributed by atoms with Crippen molar-refractivity contribution in [3.63, 3.8) is 0 Å². The predicted molar refractivity (Wildman–Crippen MR) is 77.2 cm³/mol. The number of H-pyrrole nitrogens is 1. The maximum Gasteiger partial charge on any atom is 0.0651 e. The van der Waals surface area contributed by atoms with E-state index in [9.17, 15) is 0 Å². The van der Waals surface area contributed by atoms with Crippen molar-refractivity contribution in [2.24, 2.45) is 11.8 Å². The van der Waals surface area contributed by atoms with Gasteiger partial charge in [0, 0.05) is 24.2 Å². The monoisotopic (exact) mass is 256 g/mol. The van der Waals surface area contributed by atoms with Crippen LogP contribution in [0.3, 0.4) is 0 Å². The van der Waals surface area contributed by atoms with Crippen molar-refractivity contribution in [1.82, 2.24) is 15.1 Å². The quantitative estimate of drug-likeness (QED) is 0.885. The Balaban J connectivity index is 1.44. The fraction of sp³-hybridized carbons (Fsp3) is 0.533. The van der Waals surface area contributed by atoms with E-state index in [0.717, 1.165) is 23.9 Å². The highest BCUT2D eigenvalue weighted by Crippen LogP contribution is 2.32. The van der Waals surface area contributed by atoms with Gasteiger partial charge in [0.05, 0.1) is 11.7 Å². The molecule has 3 fully saturated rings. The Labute approximate surface area is 113 Å². The summed E-state index contributed by atoms with van der Waals surface area (Å²) in [5, 5.41) is 11.8. The number of nitrogens with zero attached hydrogens (tertiary/aromatic N) is 2. The molecule has 4 heterocycles. The molecule has 2 aromatic rings. The molecule has 0 spiro atoms. The molecule has 3 aliphatic heterocycles. The first-order valence-corrected chi connectivity index (χ1v) is 7.28. The Morgan fingerprint density at radius 2 is 2.21 bits per heavy atom. The highest BCUT2D eigenvalue weighted by Gasteiger charge is 2.33. The number of aromatic amines is 1. The summed E-state index contributed by atoms with van der Waals surface area (Å²) >= 11 is 0. The molecule has 3 saturated heterocycles. The summed E-state index contributed by atoms with van der Waals surface area (Å²) in [6.07, 6.45) is 4.68. The van der Waals surface area contributed by atoms with E-state index in [4.69, 9.17) is 0 Å². The van der Waals surface area contributed by atoms with Crippen molar-refractivity contribution < 1.29 is 0 Å². The van der Waals surface area contributed by atoms with Gasteiger partial charge in [-0.1, -0.05) is 0 Å². The maximum atomic E-state index is 4.06. The van der Waals surface area contributed by atoms with Crippen LogP contribution in [-0.4, -0.2) is 41.3 Å². The Bertz CT molecular complexity index is 568. The van der Waals surface area contributed by atoms with E-state index < -0.39 is 0 Å². The van der Waals surface area contributed by atoms with Gasteiger partial charge in [-0.3, -0.25) is 5.10 Å². The molecule has 100 valence electrons. The minimum atomic E-state index is 0.822. The van der Waals surface area contributed by atoms with Gasteiger partial charge in [0.25, 0.3) is 0 Å². The van der Waals surface area contributed by atoms with E-state index in [1.165, 1.54) is 43.5 Å². The van der Waals surface area contributed by atoms with Crippen LogP contribution in [0.15, 0.2) is 24.4 Å². The van der Waals surface area contributed by atoms with Crippen molar-refractivity contribution in [2.75, 3.05) is 31.5 Å². The van der Waals surface area contributed by atoms with Gasteiger partial charge in [0.2, 0.25) is 0 Å². The van der Waals surface area contributed by atoms with Crippen molar-refractivity contribution in [2.45, 2.75) is 12.8 Å². The van der Waals surface area contributed by atoms with E-state index in [0.29, 0.717) is 0 Å². The molecule has 2 bridgehead atoms. The molecule has 1 atom stereocenters. The number of hydrogen-bond acceptors (Lipinski definition) is 3. The smallest absolute Gasteiger partial charge is 0.0651 e. The Hall–Kier alpha value is -1.55. The van der Waals surface area contributed by atoms with Crippen LogP contribution >= 0.6 is 0 Å². The minimum absolute atomic E-state index is 0.822. The van der Waals surface area contributed by atoms with Gasteiger partial charge in [-0.05, 0) is 56.0 Å². The van der Waals surface area contributed by atoms with Crippen LogP contribution in [0.4, 0.5) is 5.69 Å². The standard InChI is InChI=1S/C15H20N4/c1-2-15-12(9-17-18-15)7-14(1)16-8-13-10-19-5-3-11(13)4-6-19/h1-2,7,9,11,13,16H,3-6,8,10H2,(H,17,18). The molecule has 0 saturated carbocycles. The molecule has 1 aromatic heterocycles. The zero-order valence-electron chi connectivity index (χ0n) is 11.1. The zero-order valence-corrected chi connectivity index (χ0v) is 11.1. The number of nitrogens with one attached hydrogen (secondary N) is 2. The van der Waals surface area contributed by atoms with Crippen LogP contribution in [0.5, 0.6) is 0 Å². The van der Waals surface area contributed by atoms with Crippen LogP contribution < -0.4 is 5.32 Å². The molecule has 5 rings (SSSR count). The van der Waals surface area contributed by atoms with Gasteiger partial charge in [0.1, 0.15) is 0 Å². The molecule has 4 heteroatoms. The normalized spacial score (nSPS) is 29.8. The number of hydrogen-bond donors (Lipinski definition) is 2. The van der Waals surface area contributed by atoms with E-state index in [-0.39, 0.29) is 0 Å². The second-order valence-electron chi connectivity index (χ2n) is 5.95. The van der Waals surface area contributed by atoms with Crippen molar-refractivity contribution in [1.29, 1.82) is 0 Å². The molecule has 1 aromatic carbocycles. The van der Waals surface area contributed by atoms with Gasteiger partial charge in [-0.2, -0.15) is 5.10 Å². The summed E-state index contributed by atoms with van der Waals surface area (Å²) < 4.78 is 0. The molecule has 1 unspecified atom stereocenters. The first kappa shape index (κ1) is 11.3. The number of aromatic nitrogens is 2. The molecule has 2 N–H and O–H groups in total. The molecule has 19 heavy (non-hydrogen) atoms. The minimum Gasteiger partial charge on any atom is -0.385 e. The lowest BCUT2D eigenvalue weighted by molar-refractivity contribution is 0.0574. The highest BCUT2D eigenvalue weighted by molar-refractivity contribution is 5.81. The molecular weight excluding hydrogens is 236 g/mol. The van der Waals surface area contributed by atoms with Crippen molar-refractivity contribution >= 4 is 16.6 Å². The molecular formula is C15H20N4. The van der Waals surface area contributed by atoms with Gasteiger partial charge in [0.15, 0.2) is 0 Å². The topological polar surface area (TPSA) is 44.0 Å². The van der Waals surface area contributed by atoms with Crippen LogP contribution in [-0.2, 0) is 0 Å². The first-order valence-electron chi connectivity index (χ1n) is 7.28. The maximum absolute atomic E-state index is 4.06. The van der Waals surface area contributed by atoms with E-state index in [1.807, 2.05) is 6.20 Å². The second kappa shape index (κ2) is 4.53. The molecule has 0 aliphatic carbocycles. The Kier molecular flexibility index (Phi) is 2.69. The summed E-state index contributed by atoms with van der Waals surface area (Å²) in [6.45, 7) is 5.03. The lowest BCUT2D eigenvalue weighted by atomic mass is 9.79. The lowest BCUT2D eigenvalue weighted by Gasteiger charge is -2.45. The van der Waals surface area contributed by atoms with Crippen LogP contribution in [0.2, 0.25) is 0 Å². The van der Waals surface area contributed by atoms with E-state index in [1.54, 1.807) is 0 Å². The molecule has 0 radical (unpaired) electrons. The summed E-state index contributed by atoms with van der Waals surface area (Å²) in [4.78, 5) is 2.62. The summed E-state index contributed by atoms with van der Waals surface area (Å²) in [7, 11) is 0. The summed E-state index contributed by atoms with van der Waals surface area (Å²) in [5.74, 6) is 1.76. The Morgan fingerprint density at radius 3 is 3.00 bits per heavy atom. The van der Waals surface area contributed by atoms with E-state index >= 15 is 0 Å². The van der Waals surface area contributed by atoms with Gasteiger partial charge in [-0.15, -0.1) is 0 Å². The van der Waals surface area contributed by atoms with E-state index in [2.05, 4.69) is 38.6 Å². The first-order chi connectivity index (χ1) is 9.38. The van der Waals surface area contributed by atoms with Crippen LogP contribution in [0, 0.1) is 11.8 Å². The fourth-order valence-corrected chi connectivity index (χ4v) is 3.62. The average Bonchev–Trinajstić information content (AvgIpc) is 2.94. The van der Waals surface area contributed by atoms with Gasteiger partial charge in [-0.25, -0.2) is 0 Å². The van der Waals surface area contributed by atoms with Crippen LogP contribution in [0.1, 0.15) is 12.8 Å². The van der Waals surface area contributed by atoms with Crippen molar-refractivity contribution in [3.8, 4) is 0 Å². The average molecular weight is 256 g/mol.